The van der Waals surface area contributed by atoms with Gasteiger partial charge >= 0.3 is 6.09 Å². The second-order valence-electron chi connectivity index (χ2n) is 5.18. The highest BCUT2D eigenvalue weighted by atomic mass is 79.9. The molecule has 1 amide bonds. The summed E-state index contributed by atoms with van der Waals surface area (Å²) in [5, 5.41) is 0. The van der Waals surface area contributed by atoms with Gasteiger partial charge in [-0.1, -0.05) is 25.5 Å². The van der Waals surface area contributed by atoms with E-state index in [0.29, 0.717) is 0 Å². The maximum atomic E-state index is 11.9. The summed E-state index contributed by atoms with van der Waals surface area (Å²) < 4.78 is 6.65. The lowest BCUT2D eigenvalue weighted by atomic mass is 10.1. The lowest BCUT2D eigenvalue weighted by Crippen LogP contribution is -2.30. The van der Waals surface area contributed by atoms with Crippen LogP contribution in [0.2, 0.25) is 0 Å². The van der Waals surface area contributed by atoms with Gasteiger partial charge in [0.1, 0.15) is 5.60 Å². The standard InChI is InChI=1S/C14H20BrNO2/c1-5-7-11-8-6-9-12(10-11)16(15)13(17)18-14(2,3)4/h6,8-10H,5,7H2,1-4H3. The van der Waals surface area contributed by atoms with Crippen LogP contribution in [0.15, 0.2) is 24.3 Å². The molecular formula is C14H20BrNO2. The van der Waals surface area contributed by atoms with Gasteiger partial charge in [0, 0.05) is 0 Å². The van der Waals surface area contributed by atoms with Gasteiger partial charge in [-0.3, -0.25) is 0 Å². The number of carbonyl (C=O) groups excluding carboxylic acids is 1. The topological polar surface area (TPSA) is 29.5 Å². The Balaban J connectivity index is 2.80. The highest BCUT2D eigenvalue weighted by Gasteiger charge is 2.21. The first-order valence-electron chi connectivity index (χ1n) is 6.11. The quantitative estimate of drug-likeness (QED) is 0.757. The van der Waals surface area contributed by atoms with Crippen LogP contribution < -0.4 is 3.93 Å². The smallest absolute Gasteiger partial charge is 0.425 e. The Morgan fingerprint density at radius 1 is 1.39 bits per heavy atom. The van der Waals surface area contributed by atoms with Crippen LogP contribution in [0, 0.1) is 0 Å². The summed E-state index contributed by atoms with van der Waals surface area (Å²) in [6, 6.07) is 7.86. The Bertz CT molecular complexity index is 413. The van der Waals surface area contributed by atoms with E-state index in [1.165, 1.54) is 9.49 Å². The summed E-state index contributed by atoms with van der Waals surface area (Å²) in [7, 11) is 0. The van der Waals surface area contributed by atoms with Crippen LogP contribution in [-0.2, 0) is 11.2 Å². The van der Waals surface area contributed by atoms with Crippen LogP contribution in [0.25, 0.3) is 0 Å². The summed E-state index contributed by atoms with van der Waals surface area (Å²) >= 11 is 3.25. The molecule has 0 saturated carbocycles. The lowest BCUT2D eigenvalue weighted by Gasteiger charge is -2.23. The van der Waals surface area contributed by atoms with E-state index < -0.39 is 11.7 Å². The third kappa shape index (κ3) is 4.69. The van der Waals surface area contributed by atoms with Gasteiger partial charge in [-0.25, -0.2) is 8.72 Å². The molecule has 0 unspecified atom stereocenters. The van der Waals surface area contributed by atoms with E-state index >= 15 is 0 Å². The van der Waals surface area contributed by atoms with Gasteiger partial charge in [0.05, 0.1) is 21.8 Å². The van der Waals surface area contributed by atoms with Crippen molar-refractivity contribution in [3.63, 3.8) is 0 Å². The average molecular weight is 314 g/mol. The highest BCUT2D eigenvalue weighted by Crippen LogP contribution is 2.23. The largest absolute Gasteiger partial charge is 0.443 e. The number of halogens is 1. The van der Waals surface area contributed by atoms with Gasteiger partial charge < -0.3 is 4.74 Å². The zero-order valence-corrected chi connectivity index (χ0v) is 13.0. The zero-order valence-electron chi connectivity index (χ0n) is 11.4. The van der Waals surface area contributed by atoms with E-state index in [0.717, 1.165) is 18.5 Å². The van der Waals surface area contributed by atoms with Gasteiger partial charge in [0.15, 0.2) is 0 Å². The van der Waals surface area contributed by atoms with Crippen molar-refractivity contribution in [3.8, 4) is 0 Å². The predicted molar refractivity (Wildman–Crippen MR) is 78.1 cm³/mol. The molecule has 18 heavy (non-hydrogen) atoms. The minimum Gasteiger partial charge on any atom is -0.443 e. The minimum atomic E-state index is -0.496. The predicted octanol–water partition coefficient (Wildman–Crippen LogP) is 4.69. The SMILES string of the molecule is CCCc1cccc(N(Br)C(=O)OC(C)(C)C)c1. The van der Waals surface area contributed by atoms with E-state index in [-0.39, 0.29) is 0 Å². The van der Waals surface area contributed by atoms with Gasteiger partial charge in [-0.05, 0) is 44.9 Å². The molecule has 1 aromatic carbocycles. The summed E-state index contributed by atoms with van der Waals surface area (Å²) in [5.41, 5.74) is 1.50. The van der Waals surface area contributed by atoms with Crippen LogP contribution in [0.4, 0.5) is 10.5 Å². The summed E-state index contributed by atoms with van der Waals surface area (Å²) in [4.78, 5) is 11.9. The molecule has 0 aliphatic heterocycles. The summed E-state index contributed by atoms with van der Waals surface area (Å²) in [5.74, 6) is 0. The number of amides is 1. The van der Waals surface area contributed by atoms with E-state index in [1.807, 2.05) is 39.0 Å². The fourth-order valence-corrected chi connectivity index (χ4v) is 1.82. The van der Waals surface area contributed by atoms with Gasteiger partial charge in [-0.15, -0.1) is 0 Å². The van der Waals surface area contributed by atoms with Crippen LogP contribution in [0.1, 0.15) is 39.7 Å². The minimum absolute atomic E-state index is 0.406. The van der Waals surface area contributed by atoms with Crippen LogP contribution in [0.3, 0.4) is 0 Å². The number of anilines is 1. The number of hydrogen-bond donors (Lipinski definition) is 0. The Kier molecular flexibility index (Phi) is 5.20. The number of nitrogens with zero attached hydrogens (tertiary/aromatic N) is 1. The molecule has 0 radical (unpaired) electrons. The van der Waals surface area contributed by atoms with E-state index in [2.05, 4.69) is 29.1 Å². The molecule has 0 N–H and O–H groups in total. The first-order chi connectivity index (χ1) is 8.33. The van der Waals surface area contributed by atoms with E-state index in [4.69, 9.17) is 4.74 Å². The molecule has 3 nitrogen and oxygen atoms in total. The van der Waals surface area contributed by atoms with Crippen molar-refractivity contribution >= 4 is 27.9 Å². The number of carbonyl (C=O) groups is 1. The van der Waals surface area contributed by atoms with Crippen molar-refractivity contribution < 1.29 is 9.53 Å². The van der Waals surface area contributed by atoms with Crippen LogP contribution >= 0.6 is 16.1 Å². The molecule has 0 bridgehead atoms. The third-order valence-corrected chi connectivity index (χ3v) is 2.93. The second-order valence-corrected chi connectivity index (χ2v) is 5.89. The molecule has 4 heteroatoms. The molecule has 1 aromatic rings. The van der Waals surface area contributed by atoms with Gasteiger partial charge in [0.25, 0.3) is 0 Å². The molecule has 0 atom stereocenters. The Morgan fingerprint density at radius 2 is 2.06 bits per heavy atom. The van der Waals surface area contributed by atoms with Crippen molar-refractivity contribution in [2.75, 3.05) is 3.93 Å². The van der Waals surface area contributed by atoms with Gasteiger partial charge in [0.2, 0.25) is 0 Å². The Morgan fingerprint density at radius 3 is 2.61 bits per heavy atom. The molecule has 0 heterocycles. The second kappa shape index (κ2) is 6.23. The average Bonchev–Trinajstić information content (AvgIpc) is 2.26. The van der Waals surface area contributed by atoms with Crippen LogP contribution in [-0.4, -0.2) is 11.7 Å². The van der Waals surface area contributed by atoms with E-state index in [1.54, 1.807) is 0 Å². The monoisotopic (exact) mass is 313 g/mol. The van der Waals surface area contributed by atoms with Crippen molar-refractivity contribution in [1.29, 1.82) is 0 Å². The van der Waals surface area contributed by atoms with Crippen LogP contribution in [0.5, 0.6) is 0 Å². The Hall–Kier alpha value is -1.03. The highest BCUT2D eigenvalue weighted by molar-refractivity contribution is 9.10. The molecule has 1 rings (SSSR count). The maximum Gasteiger partial charge on any atom is 0.425 e. The molecule has 0 aliphatic carbocycles. The first kappa shape index (κ1) is 15.0. The molecule has 100 valence electrons. The van der Waals surface area contributed by atoms with Crippen molar-refractivity contribution in [1.82, 2.24) is 0 Å². The van der Waals surface area contributed by atoms with Crippen molar-refractivity contribution in [2.45, 2.75) is 46.1 Å². The molecule has 0 fully saturated rings. The van der Waals surface area contributed by atoms with Crippen molar-refractivity contribution in [3.05, 3.63) is 29.8 Å². The number of ether oxygens (including phenoxy) is 1. The van der Waals surface area contributed by atoms with E-state index in [9.17, 15) is 4.79 Å². The number of benzene rings is 1. The van der Waals surface area contributed by atoms with Crippen molar-refractivity contribution in [2.24, 2.45) is 0 Å². The normalized spacial score (nSPS) is 11.2. The molecule has 0 aromatic heterocycles. The maximum absolute atomic E-state index is 11.9. The molecular weight excluding hydrogens is 294 g/mol. The molecule has 0 saturated heterocycles. The summed E-state index contributed by atoms with van der Waals surface area (Å²) in [6.45, 7) is 7.67. The number of aryl methyl sites for hydroxylation is 1. The number of rotatable bonds is 3. The molecule has 0 aliphatic rings. The summed E-state index contributed by atoms with van der Waals surface area (Å²) in [6.07, 6.45) is 1.68. The Labute approximate surface area is 117 Å². The first-order valence-corrected chi connectivity index (χ1v) is 6.82. The molecule has 0 spiro atoms. The fourth-order valence-electron chi connectivity index (χ4n) is 1.53. The third-order valence-electron chi connectivity index (χ3n) is 2.23. The fraction of sp³-hybridized carbons (Fsp3) is 0.500. The lowest BCUT2D eigenvalue weighted by molar-refractivity contribution is 0.0614. The van der Waals surface area contributed by atoms with Gasteiger partial charge in [-0.2, -0.15) is 0 Å². The zero-order chi connectivity index (χ0) is 13.8. The number of hydrogen-bond acceptors (Lipinski definition) is 2.